The standard InChI is InChI=1S/C20H23FN2O3/c1-20(2,3)18(13-7-9-15(21)10-8-13)23-19(25)14-5-4-6-16(11-14)26-12-17(22)24/h4-11,18H,12H2,1-3H3,(H2,22,24)(H,23,25). The quantitative estimate of drug-likeness (QED) is 0.832. The smallest absolute Gasteiger partial charge is 0.255 e. The maximum absolute atomic E-state index is 13.2. The molecule has 26 heavy (non-hydrogen) atoms. The van der Waals surface area contributed by atoms with E-state index in [4.69, 9.17) is 10.5 Å². The van der Waals surface area contributed by atoms with Crippen molar-refractivity contribution in [3.63, 3.8) is 0 Å². The average molecular weight is 358 g/mol. The van der Waals surface area contributed by atoms with Gasteiger partial charge in [-0.25, -0.2) is 4.39 Å². The molecule has 6 heteroatoms. The van der Waals surface area contributed by atoms with Crippen LogP contribution >= 0.6 is 0 Å². The molecule has 0 aliphatic rings. The van der Waals surface area contributed by atoms with Crippen LogP contribution in [-0.4, -0.2) is 18.4 Å². The van der Waals surface area contributed by atoms with Crippen LogP contribution in [0, 0.1) is 11.2 Å². The van der Waals surface area contributed by atoms with Crippen LogP contribution in [0.5, 0.6) is 5.75 Å². The van der Waals surface area contributed by atoms with Crippen LogP contribution in [0.2, 0.25) is 0 Å². The van der Waals surface area contributed by atoms with Crippen molar-refractivity contribution >= 4 is 11.8 Å². The number of carbonyl (C=O) groups excluding carboxylic acids is 2. The van der Waals surface area contributed by atoms with E-state index in [-0.39, 0.29) is 29.8 Å². The molecule has 0 aliphatic carbocycles. The number of carbonyl (C=O) groups is 2. The molecule has 0 heterocycles. The molecule has 138 valence electrons. The fourth-order valence-electron chi connectivity index (χ4n) is 2.55. The van der Waals surface area contributed by atoms with Crippen molar-refractivity contribution in [3.8, 4) is 5.75 Å². The van der Waals surface area contributed by atoms with E-state index in [1.165, 1.54) is 12.1 Å². The van der Waals surface area contributed by atoms with Crippen LogP contribution < -0.4 is 15.8 Å². The highest BCUT2D eigenvalue weighted by Crippen LogP contribution is 2.33. The molecular formula is C20H23FN2O3. The lowest BCUT2D eigenvalue weighted by atomic mass is 9.82. The molecule has 0 fully saturated rings. The first-order chi connectivity index (χ1) is 12.2. The Morgan fingerprint density at radius 2 is 1.81 bits per heavy atom. The Morgan fingerprint density at radius 3 is 2.38 bits per heavy atom. The van der Waals surface area contributed by atoms with Gasteiger partial charge in [0, 0.05) is 5.56 Å². The zero-order chi connectivity index (χ0) is 19.3. The first-order valence-corrected chi connectivity index (χ1v) is 8.24. The SMILES string of the molecule is CC(C)(C)C(NC(=O)c1cccc(OCC(N)=O)c1)c1ccc(F)cc1. The van der Waals surface area contributed by atoms with E-state index < -0.39 is 5.91 Å². The normalized spacial score (nSPS) is 12.3. The number of amides is 2. The van der Waals surface area contributed by atoms with E-state index in [0.717, 1.165) is 5.56 Å². The number of nitrogens with two attached hydrogens (primary N) is 1. The maximum atomic E-state index is 13.2. The fraction of sp³-hybridized carbons (Fsp3) is 0.300. The minimum absolute atomic E-state index is 0.259. The Hall–Kier alpha value is -2.89. The monoisotopic (exact) mass is 358 g/mol. The maximum Gasteiger partial charge on any atom is 0.255 e. The summed E-state index contributed by atoms with van der Waals surface area (Å²) >= 11 is 0. The molecule has 2 rings (SSSR count). The molecule has 3 N–H and O–H groups in total. The lowest BCUT2D eigenvalue weighted by Crippen LogP contribution is -2.36. The van der Waals surface area contributed by atoms with Crippen molar-refractivity contribution < 1.29 is 18.7 Å². The molecule has 5 nitrogen and oxygen atoms in total. The van der Waals surface area contributed by atoms with Gasteiger partial charge in [0.15, 0.2) is 6.61 Å². The highest BCUT2D eigenvalue weighted by molar-refractivity contribution is 5.94. The van der Waals surface area contributed by atoms with Crippen LogP contribution in [0.25, 0.3) is 0 Å². The summed E-state index contributed by atoms with van der Waals surface area (Å²) in [6.07, 6.45) is 0. The molecule has 0 radical (unpaired) electrons. The summed E-state index contributed by atoms with van der Waals surface area (Å²) in [5.74, 6) is -0.833. The van der Waals surface area contributed by atoms with E-state index in [0.29, 0.717) is 11.3 Å². The number of rotatable bonds is 6. The van der Waals surface area contributed by atoms with Gasteiger partial charge in [0.1, 0.15) is 11.6 Å². The number of primary amides is 1. The highest BCUT2D eigenvalue weighted by atomic mass is 19.1. The van der Waals surface area contributed by atoms with Gasteiger partial charge in [-0.15, -0.1) is 0 Å². The molecule has 0 saturated heterocycles. The molecule has 0 aromatic heterocycles. The van der Waals surface area contributed by atoms with Crippen molar-refractivity contribution in [1.82, 2.24) is 5.32 Å². The van der Waals surface area contributed by atoms with Crippen molar-refractivity contribution in [2.45, 2.75) is 26.8 Å². The van der Waals surface area contributed by atoms with Gasteiger partial charge in [-0.2, -0.15) is 0 Å². The number of hydrogen-bond acceptors (Lipinski definition) is 3. The topological polar surface area (TPSA) is 81.4 Å². The summed E-state index contributed by atoms with van der Waals surface area (Å²) in [5, 5.41) is 2.99. The molecule has 1 atom stereocenters. The van der Waals surface area contributed by atoms with E-state index in [9.17, 15) is 14.0 Å². The lowest BCUT2D eigenvalue weighted by Gasteiger charge is -2.32. The van der Waals surface area contributed by atoms with Gasteiger partial charge in [0.05, 0.1) is 6.04 Å². The second kappa shape index (κ2) is 7.99. The van der Waals surface area contributed by atoms with Gasteiger partial charge in [-0.1, -0.05) is 39.0 Å². The minimum Gasteiger partial charge on any atom is -0.484 e. The zero-order valence-electron chi connectivity index (χ0n) is 15.1. The molecular weight excluding hydrogens is 335 g/mol. The van der Waals surface area contributed by atoms with Crippen LogP contribution in [0.1, 0.15) is 42.7 Å². The second-order valence-corrected chi connectivity index (χ2v) is 7.11. The fourth-order valence-corrected chi connectivity index (χ4v) is 2.55. The van der Waals surface area contributed by atoms with Gasteiger partial charge in [-0.3, -0.25) is 9.59 Å². The molecule has 2 aromatic rings. The van der Waals surface area contributed by atoms with Crippen LogP contribution in [-0.2, 0) is 4.79 Å². The van der Waals surface area contributed by atoms with Gasteiger partial charge in [-0.05, 0) is 41.3 Å². The Balaban J connectivity index is 2.20. The van der Waals surface area contributed by atoms with E-state index in [1.54, 1.807) is 36.4 Å². The van der Waals surface area contributed by atoms with Crippen LogP contribution in [0.3, 0.4) is 0 Å². The summed E-state index contributed by atoms with van der Waals surface area (Å²) in [7, 11) is 0. The highest BCUT2D eigenvalue weighted by Gasteiger charge is 2.28. The third-order valence-corrected chi connectivity index (χ3v) is 3.82. The van der Waals surface area contributed by atoms with Crippen LogP contribution in [0.4, 0.5) is 4.39 Å². The summed E-state index contributed by atoms with van der Waals surface area (Å²) in [6.45, 7) is 5.72. The largest absolute Gasteiger partial charge is 0.484 e. The van der Waals surface area contributed by atoms with Crippen molar-refractivity contribution in [3.05, 3.63) is 65.5 Å². The third-order valence-electron chi connectivity index (χ3n) is 3.82. The number of benzene rings is 2. The van der Waals surface area contributed by atoms with Gasteiger partial charge in [0.25, 0.3) is 11.8 Å². The molecule has 2 amide bonds. The van der Waals surface area contributed by atoms with Gasteiger partial charge >= 0.3 is 0 Å². The summed E-state index contributed by atoms with van der Waals surface area (Å²) in [5.41, 5.74) is 5.98. The summed E-state index contributed by atoms with van der Waals surface area (Å²) in [4.78, 5) is 23.5. The average Bonchev–Trinajstić information content (AvgIpc) is 2.58. The number of hydrogen-bond donors (Lipinski definition) is 2. The zero-order valence-corrected chi connectivity index (χ0v) is 15.1. The Labute approximate surface area is 152 Å². The van der Waals surface area contributed by atoms with E-state index >= 15 is 0 Å². The van der Waals surface area contributed by atoms with Crippen molar-refractivity contribution in [2.75, 3.05) is 6.61 Å². The minimum atomic E-state index is -0.594. The lowest BCUT2D eigenvalue weighted by molar-refractivity contribution is -0.119. The first kappa shape index (κ1) is 19.4. The second-order valence-electron chi connectivity index (χ2n) is 7.11. The van der Waals surface area contributed by atoms with Crippen molar-refractivity contribution in [2.24, 2.45) is 11.1 Å². The van der Waals surface area contributed by atoms with E-state index in [1.807, 2.05) is 20.8 Å². The Bertz CT molecular complexity index is 782. The Kier molecular flexibility index (Phi) is 5.97. The molecule has 0 spiro atoms. The Morgan fingerprint density at radius 1 is 1.15 bits per heavy atom. The molecule has 0 aliphatic heterocycles. The van der Waals surface area contributed by atoms with E-state index in [2.05, 4.69) is 5.32 Å². The van der Waals surface area contributed by atoms with Crippen molar-refractivity contribution in [1.29, 1.82) is 0 Å². The number of nitrogens with one attached hydrogen (secondary N) is 1. The molecule has 0 saturated carbocycles. The predicted molar refractivity (Wildman–Crippen MR) is 97.2 cm³/mol. The molecule has 2 aromatic carbocycles. The number of ether oxygens (including phenoxy) is 1. The van der Waals surface area contributed by atoms with Gasteiger partial charge < -0.3 is 15.8 Å². The summed E-state index contributed by atoms with van der Waals surface area (Å²) < 4.78 is 18.4. The number of halogens is 1. The third kappa shape index (κ3) is 5.31. The van der Waals surface area contributed by atoms with Crippen LogP contribution in [0.15, 0.2) is 48.5 Å². The summed E-state index contributed by atoms with van der Waals surface area (Å²) in [6, 6.07) is 12.3. The molecule has 1 unspecified atom stereocenters. The molecule has 0 bridgehead atoms. The first-order valence-electron chi connectivity index (χ1n) is 8.24. The predicted octanol–water partition coefficient (Wildman–Crippen LogP) is 3.21. The van der Waals surface area contributed by atoms with Gasteiger partial charge in [0.2, 0.25) is 0 Å².